The summed E-state index contributed by atoms with van der Waals surface area (Å²) in [5, 5.41) is 1.19. The smallest absolute Gasteiger partial charge is 0.0705 e. The van der Waals surface area contributed by atoms with Crippen molar-refractivity contribution in [2.75, 3.05) is 0 Å². The minimum atomic E-state index is -0.0585. The molecular weight excluding hydrogens is 238 g/mol. The molecule has 0 fully saturated rings. The molecule has 0 unspecified atom stereocenters. The standard InChI is InChI=1S/C12H12BrN/c1-12(2,13)11-8-7-9-5-3-4-6-10(9)14-11/h3-8H,1-2H3. The van der Waals surface area contributed by atoms with Crippen molar-refractivity contribution in [3.63, 3.8) is 0 Å². The van der Waals surface area contributed by atoms with Gasteiger partial charge in [0, 0.05) is 5.39 Å². The molecule has 72 valence electrons. The number of halogens is 1. The number of rotatable bonds is 1. The fourth-order valence-corrected chi connectivity index (χ4v) is 1.62. The van der Waals surface area contributed by atoms with Crippen molar-refractivity contribution in [1.29, 1.82) is 0 Å². The minimum Gasteiger partial charge on any atom is -0.251 e. The number of para-hydroxylation sites is 1. The highest BCUT2D eigenvalue weighted by atomic mass is 79.9. The molecule has 0 saturated heterocycles. The Morgan fingerprint density at radius 3 is 2.50 bits per heavy atom. The molecule has 0 radical (unpaired) electrons. The maximum Gasteiger partial charge on any atom is 0.0705 e. The van der Waals surface area contributed by atoms with Crippen LogP contribution in [0.4, 0.5) is 0 Å². The van der Waals surface area contributed by atoms with Gasteiger partial charge in [0.25, 0.3) is 0 Å². The summed E-state index contributed by atoms with van der Waals surface area (Å²) < 4.78 is -0.0585. The fraction of sp³-hybridized carbons (Fsp3) is 0.250. The Morgan fingerprint density at radius 2 is 1.79 bits per heavy atom. The summed E-state index contributed by atoms with van der Waals surface area (Å²) in [5.74, 6) is 0. The molecule has 0 spiro atoms. The molecule has 0 atom stereocenters. The lowest BCUT2D eigenvalue weighted by Crippen LogP contribution is -2.08. The molecule has 1 nitrogen and oxygen atoms in total. The van der Waals surface area contributed by atoms with E-state index in [9.17, 15) is 0 Å². The first kappa shape index (κ1) is 9.66. The first-order valence-corrected chi connectivity index (χ1v) is 5.42. The van der Waals surface area contributed by atoms with Gasteiger partial charge in [-0.3, -0.25) is 4.98 Å². The van der Waals surface area contributed by atoms with Crippen LogP contribution in [0.3, 0.4) is 0 Å². The van der Waals surface area contributed by atoms with E-state index >= 15 is 0 Å². The highest BCUT2D eigenvalue weighted by Gasteiger charge is 2.17. The topological polar surface area (TPSA) is 12.9 Å². The van der Waals surface area contributed by atoms with Crippen molar-refractivity contribution in [2.24, 2.45) is 0 Å². The van der Waals surface area contributed by atoms with Gasteiger partial charge in [0.2, 0.25) is 0 Å². The van der Waals surface area contributed by atoms with Gasteiger partial charge in [-0.1, -0.05) is 40.2 Å². The van der Waals surface area contributed by atoms with Crippen LogP contribution in [-0.4, -0.2) is 4.98 Å². The predicted molar refractivity (Wildman–Crippen MR) is 63.7 cm³/mol. The summed E-state index contributed by atoms with van der Waals surface area (Å²) in [6.45, 7) is 4.20. The van der Waals surface area contributed by atoms with Crippen molar-refractivity contribution in [1.82, 2.24) is 4.98 Å². The maximum atomic E-state index is 4.60. The lowest BCUT2D eigenvalue weighted by atomic mass is 10.1. The van der Waals surface area contributed by atoms with Crippen LogP contribution in [0, 0.1) is 0 Å². The van der Waals surface area contributed by atoms with Gasteiger partial charge in [-0.15, -0.1) is 0 Å². The molecule has 0 bridgehead atoms. The Labute approximate surface area is 92.3 Å². The van der Waals surface area contributed by atoms with E-state index in [1.54, 1.807) is 0 Å². The second-order valence-electron chi connectivity index (χ2n) is 3.86. The summed E-state index contributed by atoms with van der Waals surface area (Å²) in [6, 6.07) is 12.3. The van der Waals surface area contributed by atoms with Gasteiger partial charge in [-0.05, 0) is 26.0 Å². The number of benzene rings is 1. The Bertz CT molecular complexity index is 457. The lowest BCUT2D eigenvalue weighted by Gasteiger charge is -2.15. The number of pyridine rings is 1. The zero-order valence-corrected chi connectivity index (χ0v) is 9.88. The zero-order valence-electron chi connectivity index (χ0n) is 8.29. The third kappa shape index (κ3) is 1.80. The number of aromatic nitrogens is 1. The Morgan fingerprint density at radius 1 is 1.07 bits per heavy atom. The Hall–Kier alpha value is -0.890. The number of nitrogens with zero attached hydrogens (tertiary/aromatic N) is 1. The van der Waals surface area contributed by atoms with E-state index in [1.807, 2.05) is 18.2 Å². The second-order valence-corrected chi connectivity index (χ2v) is 5.84. The van der Waals surface area contributed by atoms with Crippen molar-refractivity contribution in [3.05, 3.63) is 42.1 Å². The van der Waals surface area contributed by atoms with Crippen LogP contribution in [0.2, 0.25) is 0 Å². The quantitative estimate of drug-likeness (QED) is 0.700. The second kappa shape index (κ2) is 3.35. The molecule has 1 heterocycles. The van der Waals surface area contributed by atoms with E-state index in [0.717, 1.165) is 11.2 Å². The first-order valence-electron chi connectivity index (χ1n) is 4.62. The van der Waals surface area contributed by atoms with Crippen LogP contribution in [-0.2, 0) is 4.32 Å². The first-order chi connectivity index (χ1) is 6.57. The van der Waals surface area contributed by atoms with E-state index in [0.29, 0.717) is 0 Å². The van der Waals surface area contributed by atoms with Crippen LogP contribution in [0.15, 0.2) is 36.4 Å². The van der Waals surface area contributed by atoms with Gasteiger partial charge >= 0.3 is 0 Å². The molecule has 2 rings (SSSR count). The number of hydrogen-bond acceptors (Lipinski definition) is 1. The maximum absolute atomic E-state index is 4.60. The normalized spacial score (nSPS) is 11.9. The van der Waals surface area contributed by atoms with Crippen LogP contribution in [0.5, 0.6) is 0 Å². The summed E-state index contributed by atoms with van der Waals surface area (Å²) in [6.07, 6.45) is 0. The largest absolute Gasteiger partial charge is 0.251 e. The monoisotopic (exact) mass is 249 g/mol. The van der Waals surface area contributed by atoms with E-state index in [-0.39, 0.29) is 4.32 Å². The van der Waals surface area contributed by atoms with Crippen LogP contribution in [0.25, 0.3) is 10.9 Å². The summed E-state index contributed by atoms with van der Waals surface area (Å²) in [5.41, 5.74) is 2.12. The number of hydrogen-bond donors (Lipinski definition) is 0. The van der Waals surface area contributed by atoms with E-state index in [4.69, 9.17) is 0 Å². The molecule has 1 aromatic heterocycles. The number of alkyl halides is 1. The van der Waals surface area contributed by atoms with Crippen LogP contribution >= 0.6 is 15.9 Å². The number of fused-ring (bicyclic) bond motifs is 1. The predicted octanol–water partition coefficient (Wildman–Crippen LogP) is 3.86. The Kier molecular flexibility index (Phi) is 2.31. The molecule has 14 heavy (non-hydrogen) atoms. The SMILES string of the molecule is CC(C)(Br)c1ccc2ccccc2n1. The Balaban J connectivity index is 2.63. The van der Waals surface area contributed by atoms with E-state index in [2.05, 4.69) is 53.0 Å². The fourth-order valence-electron chi connectivity index (χ4n) is 1.40. The van der Waals surface area contributed by atoms with Gasteiger partial charge in [-0.25, -0.2) is 0 Å². The third-order valence-corrected chi connectivity index (χ3v) is 2.61. The summed E-state index contributed by atoms with van der Waals surface area (Å²) >= 11 is 3.61. The molecule has 0 aliphatic carbocycles. The van der Waals surface area contributed by atoms with Gasteiger partial charge in [-0.2, -0.15) is 0 Å². The minimum absolute atomic E-state index is 0.0585. The summed E-state index contributed by atoms with van der Waals surface area (Å²) in [7, 11) is 0. The lowest BCUT2D eigenvalue weighted by molar-refractivity contribution is 0.771. The van der Waals surface area contributed by atoms with Gasteiger partial charge in [0.15, 0.2) is 0 Å². The van der Waals surface area contributed by atoms with Gasteiger partial charge < -0.3 is 0 Å². The van der Waals surface area contributed by atoms with Crippen molar-refractivity contribution in [2.45, 2.75) is 18.2 Å². The van der Waals surface area contributed by atoms with Crippen molar-refractivity contribution >= 4 is 26.8 Å². The average Bonchev–Trinajstić information content (AvgIpc) is 2.16. The average molecular weight is 250 g/mol. The molecule has 0 saturated carbocycles. The zero-order chi connectivity index (χ0) is 10.2. The molecule has 0 amide bonds. The van der Waals surface area contributed by atoms with Gasteiger partial charge in [0.05, 0.1) is 15.5 Å². The molecule has 0 N–H and O–H groups in total. The van der Waals surface area contributed by atoms with E-state index < -0.39 is 0 Å². The molecule has 1 aromatic carbocycles. The van der Waals surface area contributed by atoms with Crippen LogP contribution < -0.4 is 0 Å². The van der Waals surface area contributed by atoms with Gasteiger partial charge in [0.1, 0.15) is 0 Å². The van der Waals surface area contributed by atoms with Crippen molar-refractivity contribution < 1.29 is 0 Å². The molecule has 2 heteroatoms. The highest BCUT2D eigenvalue weighted by molar-refractivity contribution is 9.09. The highest BCUT2D eigenvalue weighted by Crippen LogP contribution is 2.29. The third-order valence-electron chi connectivity index (χ3n) is 2.21. The van der Waals surface area contributed by atoms with Crippen LogP contribution in [0.1, 0.15) is 19.5 Å². The van der Waals surface area contributed by atoms with E-state index in [1.165, 1.54) is 5.39 Å². The molecule has 0 aliphatic heterocycles. The molecular formula is C12H12BrN. The van der Waals surface area contributed by atoms with Crippen molar-refractivity contribution in [3.8, 4) is 0 Å². The molecule has 2 aromatic rings. The summed E-state index contributed by atoms with van der Waals surface area (Å²) in [4.78, 5) is 4.60. The molecule has 0 aliphatic rings.